The van der Waals surface area contributed by atoms with Crippen molar-refractivity contribution in [2.24, 2.45) is 5.10 Å². The number of carbonyl (C=O) groups is 1. The number of aromatic nitrogens is 1. The Morgan fingerprint density at radius 2 is 2.00 bits per heavy atom. The summed E-state index contributed by atoms with van der Waals surface area (Å²) in [6.45, 7) is 1.75. The van der Waals surface area contributed by atoms with E-state index in [0.29, 0.717) is 11.8 Å². The number of phenols is 1. The van der Waals surface area contributed by atoms with E-state index >= 15 is 0 Å². The molecule has 0 saturated heterocycles. The van der Waals surface area contributed by atoms with Gasteiger partial charge in [0.25, 0.3) is 11.6 Å². The number of hydrogen-bond acceptors (Lipinski definition) is 8. The van der Waals surface area contributed by atoms with Crippen LogP contribution >= 0.6 is 0 Å². The van der Waals surface area contributed by atoms with E-state index < -0.39 is 32.9 Å². The number of rotatable bonds is 5. The van der Waals surface area contributed by atoms with E-state index in [-0.39, 0.29) is 11.1 Å². The number of nitrogens with one attached hydrogen (secondary N) is 1. The molecule has 11 heteroatoms. The molecule has 25 heavy (non-hydrogen) atoms. The molecule has 0 fully saturated rings. The van der Waals surface area contributed by atoms with E-state index in [0.717, 1.165) is 12.3 Å². The van der Waals surface area contributed by atoms with Crippen molar-refractivity contribution in [1.29, 1.82) is 0 Å². The van der Waals surface area contributed by atoms with Gasteiger partial charge in [-0.15, -0.1) is 0 Å². The molecule has 2 aromatic rings. The first-order valence-electron chi connectivity index (χ1n) is 6.71. The summed E-state index contributed by atoms with van der Waals surface area (Å²) >= 11 is 0. The molecule has 0 saturated carbocycles. The number of nitro groups is 2. The predicted octanol–water partition coefficient (Wildman–Crippen LogP) is 1.68. The van der Waals surface area contributed by atoms with Crippen molar-refractivity contribution in [3.05, 3.63) is 67.5 Å². The van der Waals surface area contributed by atoms with Crippen LogP contribution in [0.1, 0.15) is 21.6 Å². The lowest BCUT2D eigenvalue weighted by atomic mass is 10.1. The third-order valence-corrected chi connectivity index (χ3v) is 3.05. The average Bonchev–Trinajstić information content (AvgIpc) is 2.56. The molecule has 0 aliphatic heterocycles. The number of aryl methyl sites for hydroxylation is 1. The Balaban J connectivity index is 2.25. The zero-order valence-corrected chi connectivity index (χ0v) is 12.7. The molecular formula is C14H11N5O6. The highest BCUT2D eigenvalue weighted by Crippen LogP contribution is 2.33. The standard InChI is InChI=1S/C14H11N5O6/c1-8-2-3-9(6-15-8)14(21)17-16-7-10-4-11(18(22)23)5-12(13(10)20)19(24)25/h2-7,20H,1H3,(H,17,21). The topological polar surface area (TPSA) is 161 Å². The summed E-state index contributed by atoms with van der Waals surface area (Å²) in [6, 6.07) is 4.66. The summed E-state index contributed by atoms with van der Waals surface area (Å²) in [7, 11) is 0. The van der Waals surface area contributed by atoms with Crippen molar-refractivity contribution in [1.82, 2.24) is 10.4 Å². The Kier molecular flexibility index (Phi) is 4.98. The number of hydrogen-bond donors (Lipinski definition) is 2. The van der Waals surface area contributed by atoms with Crippen LogP contribution in [0.5, 0.6) is 5.75 Å². The van der Waals surface area contributed by atoms with Crippen molar-refractivity contribution >= 4 is 23.5 Å². The average molecular weight is 345 g/mol. The molecule has 0 spiro atoms. The van der Waals surface area contributed by atoms with Crippen LogP contribution in [0.2, 0.25) is 0 Å². The number of pyridine rings is 1. The second-order valence-corrected chi connectivity index (χ2v) is 4.80. The summed E-state index contributed by atoms with van der Waals surface area (Å²) in [5.74, 6) is -1.41. The highest BCUT2D eigenvalue weighted by Gasteiger charge is 2.23. The van der Waals surface area contributed by atoms with E-state index in [4.69, 9.17) is 0 Å². The van der Waals surface area contributed by atoms with Crippen LogP contribution in [0.4, 0.5) is 11.4 Å². The van der Waals surface area contributed by atoms with Gasteiger partial charge in [-0.2, -0.15) is 5.10 Å². The van der Waals surface area contributed by atoms with Crippen LogP contribution in [0.15, 0.2) is 35.6 Å². The van der Waals surface area contributed by atoms with Crippen molar-refractivity contribution in [2.45, 2.75) is 6.92 Å². The molecule has 11 nitrogen and oxygen atoms in total. The quantitative estimate of drug-likeness (QED) is 0.473. The maximum absolute atomic E-state index is 11.8. The van der Waals surface area contributed by atoms with Gasteiger partial charge in [0.05, 0.1) is 33.3 Å². The van der Waals surface area contributed by atoms with Crippen LogP contribution in [-0.4, -0.2) is 32.1 Å². The fourth-order valence-electron chi connectivity index (χ4n) is 1.80. The molecule has 0 unspecified atom stereocenters. The first-order chi connectivity index (χ1) is 11.8. The zero-order chi connectivity index (χ0) is 18.6. The van der Waals surface area contributed by atoms with E-state index in [1.54, 1.807) is 13.0 Å². The number of amides is 1. The number of benzene rings is 1. The predicted molar refractivity (Wildman–Crippen MR) is 85.4 cm³/mol. The summed E-state index contributed by atoms with van der Waals surface area (Å²) in [6.07, 6.45) is 2.20. The Labute approximate surface area is 139 Å². The third-order valence-electron chi connectivity index (χ3n) is 3.05. The summed E-state index contributed by atoms with van der Waals surface area (Å²) in [5.41, 5.74) is 1.34. The summed E-state index contributed by atoms with van der Waals surface area (Å²) in [5, 5.41) is 35.0. The number of non-ortho nitro benzene ring substituents is 1. The molecule has 128 valence electrons. The number of aromatic hydroxyl groups is 1. The Hall–Kier alpha value is -3.89. The normalized spacial score (nSPS) is 10.6. The lowest BCUT2D eigenvalue weighted by Crippen LogP contribution is -2.17. The maximum atomic E-state index is 11.8. The lowest BCUT2D eigenvalue weighted by Gasteiger charge is -2.02. The number of carbonyl (C=O) groups excluding carboxylic acids is 1. The van der Waals surface area contributed by atoms with E-state index in [9.17, 15) is 30.1 Å². The second kappa shape index (κ2) is 7.12. The fraction of sp³-hybridized carbons (Fsp3) is 0.0714. The van der Waals surface area contributed by atoms with Gasteiger partial charge in [0.15, 0.2) is 0 Å². The molecule has 0 aliphatic rings. The molecule has 1 amide bonds. The van der Waals surface area contributed by atoms with E-state index in [1.165, 1.54) is 12.3 Å². The van der Waals surface area contributed by atoms with Gasteiger partial charge in [0, 0.05) is 18.0 Å². The zero-order valence-electron chi connectivity index (χ0n) is 12.7. The van der Waals surface area contributed by atoms with Crippen molar-refractivity contribution in [3.63, 3.8) is 0 Å². The van der Waals surface area contributed by atoms with Gasteiger partial charge in [-0.1, -0.05) is 0 Å². The molecule has 1 heterocycles. The first kappa shape index (κ1) is 17.5. The Morgan fingerprint density at radius 3 is 2.56 bits per heavy atom. The van der Waals surface area contributed by atoms with Gasteiger partial charge in [-0.25, -0.2) is 5.43 Å². The van der Waals surface area contributed by atoms with Crippen LogP contribution in [0, 0.1) is 27.2 Å². The minimum Gasteiger partial charge on any atom is -0.502 e. The minimum absolute atomic E-state index is 0.219. The largest absolute Gasteiger partial charge is 0.502 e. The van der Waals surface area contributed by atoms with Gasteiger partial charge < -0.3 is 5.11 Å². The van der Waals surface area contributed by atoms with Gasteiger partial charge in [-0.3, -0.25) is 30.0 Å². The van der Waals surface area contributed by atoms with Crippen molar-refractivity contribution in [3.8, 4) is 5.75 Å². The molecule has 0 bridgehead atoms. The van der Waals surface area contributed by atoms with Gasteiger partial charge >= 0.3 is 5.69 Å². The van der Waals surface area contributed by atoms with E-state index in [2.05, 4.69) is 15.5 Å². The second-order valence-electron chi connectivity index (χ2n) is 4.80. The molecule has 1 aromatic heterocycles. The maximum Gasteiger partial charge on any atom is 0.318 e. The minimum atomic E-state index is -0.962. The van der Waals surface area contributed by atoms with Crippen molar-refractivity contribution in [2.75, 3.05) is 0 Å². The van der Waals surface area contributed by atoms with Crippen molar-refractivity contribution < 1.29 is 19.7 Å². The van der Waals surface area contributed by atoms with Gasteiger partial charge in [0.2, 0.25) is 5.75 Å². The number of hydrazone groups is 1. The van der Waals surface area contributed by atoms with Crippen LogP contribution in [-0.2, 0) is 0 Å². The number of nitrogens with zero attached hydrogens (tertiary/aromatic N) is 4. The molecule has 0 radical (unpaired) electrons. The molecular weight excluding hydrogens is 334 g/mol. The highest BCUT2D eigenvalue weighted by atomic mass is 16.6. The molecule has 0 atom stereocenters. The SMILES string of the molecule is Cc1ccc(C(=O)NN=Cc2cc([N+](=O)[O-])cc([N+](=O)[O-])c2O)cn1. The fourth-order valence-corrected chi connectivity index (χ4v) is 1.80. The lowest BCUT2D eigenvalue weighted by molar-refractivity contribution is -0.394. The monoisotopic (exact) mass is 345 g/mol. The van der Waals surface area contributed by atoms with Gasteiger partial charge in [-0.05, 0) is 19.1 Å². The smallest absolute Gasteiger partial charge is 0.318 e. The van der Waals surface area contributed by atoms with E-state index in [1.807, 2.05) is 0 Å². The van der Waals surface area contributed by atoms with Crippen LogP contribution in [0.3, 0.4) is 0 Å². The Bertz CT molecular complexity index is 878. The molecule has 1 aromatic carbocycles. The third kappa shape index (κ3) is 4.10. The van der Waals surface area contributed by atoms with Crippen LogP contribution in [0.25, 0.3) is 0 Å². The Morgan fingerprint density at radius 1 is 1.28 bits per heavy atom. The number of nitro benzene ring substituents is 2. The summed E-state index contributed by atoms with van der Waals surface area (Å²) < 4.78 is 0. The molecule has 2 N–H and O–H groups in total. The van der Waals surface area contributed by atoms with Crippen LogP contribution < -0.4 is 5.43 Å². The highest BCUT2D eigenvalue weighted by molar-refractivity contribution is 5.95. The number of phenolic OH excluding ortho intramolecular Hbond substituents is 1. The summed E-state index contributed by atoms with van der Waals surface area (Å²) in [4.78, 5) is 35.6. The van der Waals surface area contributed by atoms with Gasteiger partial charge in [0.1, 0.15) is 0 Å². The molecule has 2 rings (SSSR count). The molecule has 0 aliphatic carbocycles. The first-order valence-corrected chi connectivity index (χ1v) is 6.71.